The highest BCUT2D eigenvalue weighted by Crippen LogP contribution is 2.33. The zero-order chi connectivity index (χ0) is 24.0. The van der Waals surface area contributed by atoms with E-state index in [1.807, 2.05) is 13.0 Å². The summed E-state index contributed by atoms with van der Waals surface area (Å²) in [5.74, 6) is 0.606. The molecule has 176 valence electrons. The van der Waals surface area contributed by atoms with Gasteiger partial charge >= 0.3 is 6.09 Å². The smallest absolute Gasteiger partial charge is 0.407 e. The number of sulfonamides is 1. The molecule has 33 heavy (non-hydrogen) atoms. The number of aromatic nitrogens is 2. The van der Waals surface area contributed by atoms with Crippen molar-refractivity contribution < 1.29 is 22.5 Å². The van der Waals surface area contributed by atoms with Crippen molar-refractivity contribution in [2.75, 3.05) is 0 Å². The molecule has 1 aromatic carbocycles. The molecule has 1 aliphatic rings. The highest BCUT2D eigenvalue weighted by molar-refractivity contribution is 7.89. The molecule has 0 radical (unpaired) electrons. The molecule has 9 nitrogen and oxygen atoms in total. The first-order valence-corrected chi connectivity index (χ1v) is 12.2. The summed E-state index contributed by atoms with van der Waals surface area (Å²) >= 11 is 0. The van der Waals surface area contributed by atoms with E-state index in [0.29, 0.717) is 40.8 Å². The van der Waals surface area contributed by atoms with Gasteiger partial charge in [0.15, 0.2) is 0 Å². The number of pyridine rings is 1. The van der Waals surface area contributed by atoms with Crippen LogP contribution in [-0.4, -0.2) is 42.3 Å². The van der Waals surface area contributed by atoms with Gasteiger partial charge in [-0.05, 0) is 77.3 Å². The Morgan fingerprint density at radius 2 is 1.91 bits per heavy atom. The van der Waals surface area contributed by atoms with Crippen LogP contribution in [0.25, 0.3) is 22.0 Å². The summed E-state index contributed by atoms with van der Waals surface area (Å²) in [6.07, 6.45) is 2.09. The fraction of sp³-hybridized carbons (Fsp3) is 0.435. The summed E-state index contributed by atoms with van der Waals surface area (Å²) in [6, 6.07) is 6.49. The number of carbonyl (C=O) groups is 1. The molecule has 1 aliphatic carbocycles. The van der Waals surface area contributed by atoms with Crippen LogP contribution in [0.5, 0.6) is 0 Å². The molecule has 2 N–H and O–H groups in total. The minimum absolute atomic E-state index is 0.139. The minimum Gasteiger partial charge on any atom is -0.444 e. The van der Waals surface area contributed by atoms with E-state index in [4.69, 9.17) is 9.26 Å². The van der Waals surface area contributed by atoms with Crippen LogP contribution in [0.3, 0.4) is 0 Å². The van der Waals surface area contributed by atoms with Crippen molar-refractivity contribution in [1.82, 2.24) is 20.2 Å². The maximum Gasteiger partial charge on any atom is 0.407 e. The van der Waals surface area contributed by atoms with E-state index in [-0.39, 0.29) is 17.0 Å². The van der Waals surface area contributed by atoms with Crippen molar-refractivity contribution in [3.63, 3.8) is 0 Å². The Balaban J connectivity index is 1.56. The topological polar surface area (TPSA) is 123 Å². The molecule has 1 amide bonds. The molecule has 0 spiro atoms. The molecule has 10 heteroatoms. The number of alkyl carbamates (subject to hydrolysis) is 1. The van der Waals surface area contributed by atoms with Crippen LogP contribution in [0.1, 0.15) is 45.1 Å². The Hall–Kier alpha value is -2.98. The number of hydrogen-bond acceptors (Lipinski definition) is 7. The number of nitrogens with one attached hydrogen (secondary N) is 2. The minimum atomic E-state index is -3.85. The van der Waals surface area contributed by atoms with Crippen LogP contribution in [0.4, 0.5) is 4.79 Å². The highest BCUT2D eigenvalue weighted by Gasteiger charge is 2.35. The van der Waals surface area contributed by atoms with E-state index in [2.05, 4.69) is 20.2 Å². The van der Waals surface area contributed by atoms with Crippen molar-refractivity contribution in [2.45, 2.75) is 70.0 Å². The first-order valence-electron chi connectivity index (χ1n) is 10.8. The van der Waals surface area contributed by atoms with Crippen LogP contribution in [0.2, 0.25) is 0 Å². The third-order valence-corrected chi connectivity index (χ3v) is 7.04. The summed E-state index contributed by atoms with van der Waals surface area (Å²) < 4.78 is 40.0. The number of ether oxygens (including phenoxy) is 1. The molecule has 1 fully saturated rings. The molecule has 0 bridgehead atoms. The summed E-state index contributed by atoms with van der Waals surface area (Å²) in [6.45, 7) is 8.98. The first kappa shape index (κ1) is 23.2. The van der Waals surface area contributed by atoms with E-state index >= 15 is 0 Å². The second-order valence-electron chi connectivity index (χ2n) is 9.38. The van der Waals surface area contributed by atoms with Crippen molar-refractivity contribution in [2.24, 2.45) is 0 Å². The quantitative estimate of drug-likeness (QED) is 0.578. The number of aryl methyl sites for hydroxylation is 2. The second kappa shape index (κ2) is 8.42. The van der Waals surface area contributed by atoms with Gasteiger partial charge in [-0.3, -0.25) is 4.98 Å². The van der Waals surface area contributed by atoms with Gasteiger partial charge in [0.05, 0.1) is 16.1 Å². The fourth-order valence-electron chi connectivity index (χ4n) is 4.00. The molecule has 0 unspecified atom stereocenters. The lowest BCUT2D eigenvalue weighted by atomic mass is 9.88. The molecule has 1 saturated carbocycles. The first-order chi connectivity index (χ1) is 15.4. The average molecular weight is 473 g/mol. The van der Waals surface area contributed by atoms with Gasteiger partial charge in [-0.15, -0.1) is 0 Å². The average Bonchev–Trinajstić information content (AvgIpc) is 3.02. The van der Waals surface area contributed by atoms with Gasteiger partial charge in [-0.1, -0.05) is 5.16 Å². The number of amides is 1. The van der Waals surface area contributed by atoms with Gasteiger partial charge in [-0.2, -0.15) is 0 Å². The predicted octanol–water partition coefficient (Wildman–Crippen LogP) is 3.84. The van der Waals surface area contributed by atoms with E-state index < -0.39 is 21.7 Å². The van der Waals surface area contributed by atoms with Crippen LogP contribution >= 0.6 is 0 Å². The molecule has 4 rings (SSSR count). The van der Waals surface area contributed by atoms with Gasteiger partial charge < -0.3 is 14.6 Å². The molecule has 2 aromatic heterocycles. The third kappa shape index (κ3) is 5.01. The maximum absolute atomic E-state index is 13.4. The molecular weight excluding hydrogens is 444 g/mol. The van der Waals surface area contributed by atoms with Crippen LogP contribution in [0, 0.1) is 13.8 Å². The Morgan fingerprint density at radius 3 is 2.55 bits per heavy atom. The van der Waals surface area contributed by atoms with Gasteiger partial charge in [0.1, 0.15) is 11.4 Å². The summed E-state index contributed by atoms with van der Waals surface area (Å²) in [7, 11) is -3.85. The van der Waals surface area contributed by atoms with Gasteiger partial charge in [0.25, 0.3) is 0 Å². The van der Waals surface area contributed by atoms with Crippen molar-refractivity contribution in [3.05, 3.63) is 41.9 Å². The Labute approximate surface area is 192 Å². The van der Waals surface area contributed by atoms with E-state index in [0.717, 1.165) is 5.56 Å². The summed E-state index contributed by atoms with van der Waals surface area (Å²) in [4.78, 5) is 16.4. The molecule has 0 atom stereocenters. The van der Waals surface area contributed by atoms with Crippen LogP contribution < -0.4 is 10.0 Å². The lowest BCUT2D eigenvalue weighted by Gasteiger charge is -2.36. The SMILES string of the molecule is Cc1noc(C)c1-c1cc(S(=O)(=O)NC2CC(NC(=O)OC(C)(C)C)C2)c2cccnc2c1. The normalized spacial score (nSPS) is 18.7. The lowest BCUT2D eigenvalue weighted by molar-refractivity contribution is 0.0470. The number of fused-ring (bicyclic) bond motifs is 1. The van der Waals surface area contributed by atoms with Gasteiger partial charge in [-0.25, -0.2) is 17.9 Å². The van der Waals surface area contributed by atoms with E-state index in [9.17, 15) is 13.2 Å². The number of benzene rings is 1. The Bertz CT molecular complexity index is 1280. The number of rotatable bonds is 5. The Kier molecular flexibility index (Phi) is 5.92. The number of carbonyl (C=O) groups excluding carboxylic acids is 1. The van der Waals surface area contributed by atoms with Crippen molar-refractivity contribution in [3.8, 4) is 11.1 Å². The molecule has 2 heterocycles. The third-order valence-electron chi connectivity index (χ3n) is 5.48. The van der Waals surface area contributed by atoms with Crippen molar-refractivity contribution in [1.29, 1.82) is 0 Å². The van der Waals surface area contributed by atoms with Gasteiger partial charge in [0.2, 0.25) is 10.0 Å². The van der Waals surface area contributed by atoms with E-state index in [1.54, 1.807) is 52.1 Å². The molecule has 0 aliphatic heterocycles. The fourth-order valence-corrected chi connectivity index (χ4v) is 5.50. The standard InChI is InChI=1S/C23H28N4O5S/c1-13-21(14(2)32-26-13)15-9-19-18(7-6-8-24-19)20(10-15)33(29,30)27-17-11-16(12-17)25-22(28)31-23(3,4)5/h6-10,16-17,27H,11-12H2,1-5H3,(H,25,28). The zero-order valence-electron chi connectivity index (χ0n) is 19.3. The van der Waals surface area contributed by atoms with Gasteiger partial charge in [0, 0.05) is 29.2 Å². The van der Waals surface area contributed by atoms with Crippen molar-refractivity contribution >= 4 is 27.0 Å². The number of nitrogens with zero attached hydrogens (tertiary/aromatic N) is 2. The lowest BCUT2D eigenvalue weighted by Crippen LogP contribution is -2.54. The Morgan fingerprint density at radius 1 is 1.18 bits per heavy atom. The van der Waals surface area contributed by atoms with E-state index in [1.165, 1.54) is 0 Å². The maximum atomic E-state index is 13.4. The molecular formula is C23H28N4O5S. The molecule has 3 aromatic rings. The number of hydrogen-bond donors (Lipinski definition) is 2. The second-order valence-corrected chi connectivity index (χ2v) is 11.1. The highest BCUT2D eigenvalue weighted by atomic mass is 32.2. The predicted molar refractivity (Wildman–Crippen MR) is 123 cm³/mol. The molecule has 0 saturated heterocycles. The van der Waals surface area contributed by atoms with Crippen LogP contribution in [-0.2, 0) is 14.8 Å². The largest absolute Gasteiger partial charge is 0.444 e. The monoisotopic (exact) mass is 472 g/mol. The zero-order valence-corrected chi connectivity index (χ0v) is 20.1. The summed E-state index contributed by atoms with van der Waals surface area (Å²) in [5, 5.41) is 7.29. The summed E-state index contributed by atoms with van der Waals surface area (Å²) in [5.41, 5.74) is 2.08. The van der Waals surface area contributed by atoms with Crippen LogP contribution in [0.15, 0.2) is 39.9 Å².